The Balaban J connectivity index is 2.30. The van der Waals surface area contributed by atoms with Gasteiger partial charge in [0.15, 0.2) is 5.75 Å². The lowest BCUT2D eigenvalue weighted by atomic mass is 10.1. The highest BCUT2D eigenvalue weighted by Gasteiger charge is 2.21. The van der Waals surface area contributed by atoms with Crippen LogP contribution in [-0.4, -0.2) is 30.4 Å². The van der Waals surface area contributed by atoms with Crippen LogP contribution in [0.3, 0.4) is 0 Å². The Morgan fingerprint density at radius 3 is 2.67 bits per heavy atom. The second kappa shape index (κ2) is 7.88. The van der Waals surface area contributed by atoms with Gasteiger partial charge in [-0.05, 0) is 31.5 Å². The van der Waals surface area contributed by atoms with E-state index in [2.05, 4.69) is 15.6 Å². The first-order chi connectivity index (χ1) is 11.5. The van der Waals surface area contributed by atoms with Crippen molar-refractivity contribution in [1.29, 1.82) is 0 Å². The van der Waals surface area contributed by atoms with Crippen molar-refractivity contribution in [1.82, 2.24) is 15.6 Å². The highest BCUT2D eigenvalue weighted by molar-refractivity contribution is 6.30. The van der Waals surface area contributed by atoms with Crippen LogP contribution in [0.15, 0.2) is 30.3 Å². The van der Waals surface area contributed by atoms with E-state index < -0.39 is 0 Å². The van der Waals surface area contributed by atoms with Gasteiger partial charge in [-0.25, -0.2) is 0 Å². The van der Waals surface area contributed by atoms with Gasteiger partial charge in [-0.15, -0.1) is 0 Å². The summed E-state index contributed by atoms with van der Waals surface area (Å²) in [5.74, 6) is -0.352. The highest BCUT2D eigenvalue weighted by atomic mass is 35.5. The largest absolute Gasteiger partial charge is 0.484 e. The molecule has 2 aromatic rings. The van der Waals surface area contributed by atoms with Gasteiger partial charge in [0.05, 0.1) is 0 Å². The number of aromatic nitrogens is 1. The van der Waals surface area contributed by atoms with Crippen molar-refractivity contribution in [2.24, 2.45) is 0 Å². The van der Waals surface area contributed by atoms with Crippen molar-refractivity contribution in [3.8, 4) is 5.75 Å². The van der Waals surface area contributed by atoms with Crippen molar-refractivity contribution in [3.63, 3.8) is 0 Å². The van der Waals surface area contributed by atoms with Crippen LogP contribution in [-0.2, 0) is 0 Å². The Hall–Kier alpha value is -2.47. The van der Waals surface area contributed by atoms with E-state index in [1.807, 2.05) is 26.0 Å². The van der Waals surface area contributed by atoms with Crippen LogP contribution in [0, 0.1) is 0 Å². The highest BCUT2D eigenvalue weighted by Crippen LogP contribution is 2.27. The van der Waals surface area contributed by atoms with Crippen molar-refractivity contribution in [2.75, 3.05) is 13.6 Å². The molecule has 1 aromatic carbocycles. The number of carbonyl (C=O) groups is 2. The van der Waals surface area contributed by atoms with Crippen LogP contribution >= 0.6 is 11.6 Å². The first kappa shape index (κ1) is 17.9. The fourth-order valence-electron chi connectivity index (χ4n) is 2.22. The summed E-state index contributed by atoms with van der Waals surface area (Å²) in [5, 5.41) is 5.81. The molecule has 1 aromatic heterocycles. The van der Waals surface area contributed by atoms with Crippen molar-refractivity contribution < 1.29 is 14.3 Å². The van der Waals surface area contributed by atoms with Crippen LogP contribution in [0.2, 0.25) is 5.02 Å². The molecule has 3 N–H and O–H groups in total. The first-order valence-corrected chi connectivity index (χ1v) is 7.99. The predicted molar refractivity (Wildman–Crippen MR) is 92.7 cm³/mol. The van der Waals surface area contributed by atoms with Crippen LogP contribution in [0.25, 0.3) is 0 Å². The average Bonchev–Trinajstić information content (AvgIpc) is 2.98. The molecule has 0 radical (unpaired) electrons. The molecule has 0 spiro atoms. The summed E-state index contributed by atoms with van der Waals surface area (Å²) in [7, 11) is 1.51. The fourth-order valence-corrected chi connectivity index (χ4v) is 2.42. The lowest BCUT2D eigenvalue weighted by Crippen LogP contribution is -2.23. The van der Waals surface area contributed by atoms with E-state index in [1.165, 1.54) is 13.1 Å². The zero-order chi connectivity index (χ0) is 17.7. The quantitative estimate of drug-likeness (QED) is 0.749. The minimum atomic E-state index is -0.362. The smallest absolute Gasteiger partial charge is 0.271 e. The SMILES string of the molecule is CCNC(=O)c1cc(O[C@@H](C)c2cccc(Cl)c2)c(C(=O)NC)[nH]1. The molecule has 6 nitrogen and oxygen atoms in total. The van der Waals surface area contributed by atoms with Crippen LogP contribution in [0.4, 0.5) is 0 Å². The lowest BCUT2D eigenvalue weighted by molar-refractivity contribution is 0.0951. The lowest BCUT2D eigenvalue weighted by Gasteiger charge is -2.15. The molecule has 128 valence electrons. The van der Waals surface area contributed by atoms with E-state index >= 15 is 0 Å². The number of carbonyl (C=O) groups excluding carboxylic acids is 2. The summed E-state index contributed by atoms with van der Waals surface area (Å²) in [6.45, 7) is 4.15. The molecule has 0 aliphatic carbocycles. The van der Waals surface area contributed by atoms with Gasteiger partial charge in [-0.1, -0.05) is 23.7 Å². The van der Waals surface area contributed by atoms with Crippen LogP contribution in [0.5, 0.6) is 5.75 Å². The Bertz CT molecular complexity index is 742. The number of amides is 2. The van der Waals surface area contributed by atoms with Crippen molar-refractivity contribution in [2.45, 2.75) is 20.0 Å². The molecular weight excluding hydrogens is 330 g/mol. The number of aromatic amines is 1. The molecule has 24 heavy (non-hydrogen) atoms. The number of H-pyrrole nitrogens is 1. The maximum absolute atomic E-state index is 12.0. The average molecular weight is 350 g/mol. The number of hydrogen-bond acceptors (Lipinski definition) is 3. The van der Waals surface area contributed by atoms with Gasteiger partial charge >= 0.3 is 0 Å². The number of rotatable bonds is 6. The Labute approximate surface area is 145 Å². The van der Waals surface area contributed by atoms with E-state index in [-0.39, 0.29) is 29.3 Å². The van der Waals surface area contributed by atoms with E-state index in [1.54, 1.807) is 12.1 Å². The third kappa shape index (κ3) is 4.08. The summed E-state index contributed by atoms with van der Waals surface area (Å²) in [6, 6.07) is 8.80. The third-order valence-corrected chi connectivity index (χ3v) is 3.67. The molecule has 0 aliphatic heterocycles. The molecule has 0 bridgehead atoms. The summed E-state index contributed by atoms with van der Waals surface area (Å²) < 4.78 is 5.89. The summed E-state index contributed by atoms with van der Waals surface area (Å²) in [5.41, 5.74) is 1.34. The number of hydrogen-bond donors (Lipinski definition) is 3. The summed E-state index contributed by atoms with van der Waals surface area (Å²) in [6.07, 6.45) is -0.343. The van der Waals surface area contributed by atoms with Gasteiger partial charge in [-0.2, -0.15) is 0 Å². The maximum Gasteiger partial charge on any atom is 0.271 e. The minimum absolute atomic E-state index is 0.202. The molecule has 0 aliphatic rings. The van der Waals surface area contributed by atoms with Crippen LogP contribution < -0.4 is 15.4 Å². The van der Waals surface area contributed by atoms with Crippen molar-refractivity contribution >= 4 is 23.4 Å². The second-order valence-corrected chi connectivity index (χ2v) is 5.61. The number of benzene rings is 1. The fraction of sp³-hybridized carbons (Fsp3) is 0.294. The molecule has 0 saturated heterocycles. The van der Waals surface area contributed by atoms with Crippen LogP contribution in [0.1, 0.15) is 46.5 Å². The molecule has 1 heterocycles. The molecule has 1 atom stereocenters. The standard InChI is InChI=1S/C17H20ClN3O3/c1-4-20-16(22)13-9-14(15(21-13)17(23)19-3)24-10(2)11-6-5-7-12(18)8-11/h5-10,21H,4H2,1-3H3,(H,19,23)(H,20,22)/t10-/m0/s1. The molecule has 7 heteroatoms. The van der Waals surface area contributed by atoms with E-state index in [9.17, 15) is 9.59 Å². The van der Waals surface area contributed by atoms with Gasteiger partial charge in [0.1, 0.15) is 17.5 Å². The molecule has 0 unspecified atom stereocenters. The van der Waals surface area contributed by atoms with Crippen molar-refractivity contribution in [3.05, 3.63) is 52.3 Å². The second-order valence-electron chi connectivity index (χ2n) is 5.18. The zero-order valence-corrected chi connectivity index (χ0v) is 14.5. The molecule has 2 rings (SSSR count). The number of halogens is 1. The summed E-state index contributed by atoms with van der Waals surface area (Å²) >= 11 is 6.00. The topological polar surface area (TPSA) is 83.2 Å². The van der Waals surface area contributed by atoms with Gasteiger partial charge in [0.2, 0.25) is 0 Å². The van der Waals surface area contributed by atoms with Gasteiger partial charge in [0.25, 0.3) is 11.8 Å². The number of ether oxygens (including phenoxy) is 1. The Morgan fingerprint density at radius 1 is 1.29 bits per heavy atom. The predicted octanol–water partition coefficient (Wildman–Crippen LogP) is 2.92. The van der Waals surface area contributed by atoms with Gasteiger partial charge in [-0.3, -0.25) is 9.59 Å². The van der Waals surface area contributed by atoms with Gasteiger partial charge in [0, 0.05) is 24.7 Å². The third-order valence-electron chi connectivity index (χ3n) is 3.44. The Kier molecular flexibility index (Phi) is 5.87. The minimum Gasteiger partial charge on any atom is -0.484 e. The number of nitrogens with one attached hydrogen (secondary N) is 3. The first-order valence-electron chi connectivity index (χ1n) is 7.61. The molecule has 0 fully saturated rings. The van der Waals surface area contributed by atoms with Gasteiger partial charge < -0.3 is 20.4 Å². The molecule has 0 saturated carbocycles. The molecule has 2 amide bonds. The maximum atomic E-state index is 12.0. The normalized spacial score (nSPS) is 11.7. The zero-order valence-electron chi connectivity index (χ0n) is 13.8. The summed E-state index contributed by atoms with van der Waals surface area (Å²) in [4.78, 5) is 26.8. The van der Waals surface area contributed by atoms with E-state index in [4.69, 9.17) is 16.3 Å². The Morgan fingerprint density at radius 2 is 2.04 bits per heavy atom. The van der Waals surface area contributed by atoms with E-state index in [0.29, 0.717) is 17.3 Å². The molecular formula is C17H20ClN3O3. The van der Waals surface area contributed by atoms with E-state index in [0.717, 1.165) is 5.56 Å². The monoisotopic (exact) mass is 349 g/mol.